The molecule has 0 aliphatic heterocycles. The summed E-state index contributed by atoms with van der Waals surface area (Å²) >= 11 is 3.46. The van der Waals surface area contributed by atoms with Crippen molar-refractivity contribution < 1.29 is 4.74 Å². The summed E-state index contributed by atoms with van der Waals surface area (Å²) in [6.45, 7) is 4.23. The Bertz CT molecular complexity index is 568. The summed E-state index contributed by atoms with van der Waals surface area (Å²) in [4.78, 5) is 0. The van der Waals surface area contributed by atoms with Crippen molar-refractivity contribution in [3.8, 4) is 5.75 Å². The molecule has 0 aromatic heterocycles. The topological polar surface area (TPSA) is 35.2 Å². The van der Waals surface area contributed by atoms with E-state index in [0.717, 1.165) is 28.6 Å². The first-order valence-electron chi connectivity index (χ1n) is 7.40. The molecule has 0 aliphatic carbocycles. The maximum Gasteiger partial charge on any atom is 0.139 e. The highest BCUT2D eigenvalue weighted by Crippen LogP contribution is 2.27. The largest absolute Gasteiger partial charge is 0.484 e. The van der Waals surface area contributed by atoms with Gasteiger partial charge in [-0.05, 0) is 48.2 Å². The van der Waals surface area contributed by atoms with E-state index in [9.17, 15) is 0 Å². The van der Waals surface area contributed by atoms with Gasteiger partial charge in [-0.3, -0.25) is 0 Å². The first kappa shape index (κ1) is 16.1. The van der Waals surface area contributed by atoms with Crippen LogP contribution in [-0.4, -0.2) is 6.04 Å². The van der Waals surface area contributed by atoms with Gasteiger partial charge in [0.2, 0.25) is 0 Å². The fourth-order valence-corrected chi connectivity index (χ4v) is 2.52. The van der Waals surface area contributed by atoms with Gasteiger partial charge < -0.3 is 10.5 Å². The average Bonchev–Trinajstić information content (AvgIpc) is 2.53. The molecule has 0 spiro atoms. The Morgan fingerprint density at radius 2 is 1.81 bits per heavy atom. The van der Waals surface area contributed by atoms with Crippen LogP contribution in [0.15, 0.2) is 53.0 Å². The SMILES string of the molecule is CCc1cccc(OC(c2ccc(Br)cc2)C(N)CC)c1. The van der Waals surface area contributed by atoms with E-state index in [1.165, 1.54) is 5.56 Å². The van der Waals surface area contributed by atoms with Crippen LogP contribution in [0.3, 0.4) is 0 Å². The van der Waals surface area contributed by atoms with E-state index in [2.05, 4.69) is 54.0 Å². The zero-order chi connectivity index (χ0) is 15.2. The third-order valence-corrected chi connectivity index (χ3v) is 4.16. The van der Waals surface area contributed by atoms with Crippen LogP contribution in [0, 0.1) is 0 Å². The molecular weight excluding hydrogens is 326 g/mol. The lowest BCUT2D eigenvalue weighted by molar-refractivity contribution is 0.171. The average molecular weight is 348 g/mol. The van der Waals surface area contributed by atoms with Gasteiger partial charge in [-0.1, -0.05) is 54.0 Å². The molecule has 0 saturated heterocycles. The molecule has 0 bridgehead atoms. The van der Waals surface area contributed by atoms with Crippen LogP contribution < -0.4 is 10.5 Å². The Kier molecular flexibility index (Phi) is 5.83. The van der Waals surface area contributed by atoms with E-state index in [1.807, 2.05) is 24.3 Å². The Labute approximate surface area is 135 Å². The van der Waals surface area contributed by atoms with Gasteiger partial charge in [0.1, 0.15) is 11.9 Å². The molecule has 2 nitrogen and oxygen atoms in total. The van der Waals surface area contributed by atoms with E-state index in [-0.39, 0.29) is 12.1 Å². The summed E-state index contributed by atoms with van der Waals surface area (Å²) < 4.78 is 7.25. The smallest absolute Gasteiger partial charge is 0.139 e. The summed E-state index contributed by atoms with van der Waals surface area (Å²) in [5.74, 6) is 0.881. The Morgan fingerprint density at radius 1 is 1.10 bits per heavy atom. The molecule has 0 aliphatic rings. The summed E-state index contributed by atoms with van der Waals surface area (Å²) in [6, 6.07) is 16.4. The number of hydrogen-bond donors (Lipinski definition) is 1. The van der Waals surface area contributed by atoms with Crippen molar-refractivity contribution in [2.24, 2.45) is 5.73 Å². The minimum absolute atomic E-state index is 0.0311. The van der Waals surface area contributed by atoms with E-state index in [0.29, 0.717) is 0 Å². The van der Waals surface area contributed by atoms with Gasteiger partial charge in [0, 0.05) is 10.5 Å². The molecule has 0 heterocycles. The molecule has 2 aromatic carbocycles. The Morgan fingerprint density at radius 3 is 2.43 bits per heavy atom. The molecule has 2 unspecified atom stereocenters. The number of halogens is 1. The molecular formula is C18H22BrNO. The molecule has 2 N–H and O–H groups in total. The standard InChI is InChI=1S/C18H22BrNO/c1-3-13-6-5-7-16(12-13)21-18(17(20)4-2)14-8-10-15(19)11-9-14/h5-12,17-18H,3-4,20H2,1-2H3. The lowest BCUT2D eigenvalue weighted by Crippen LogP contribution is -2.31. The Balaban J connectivity index is 2.25. The van der Waals surface area contributed by atoms with Gasteiger partial charge in [0.05, 0.1) is 0 Å². The zero-order valence-corrected chi connectivity index (χ0v) is 14.1. The van der Waals surface area contributed by atoms with E-state index >= 15 is 0 Å². The number of hydrogen-bond acceptors (Lipinski definition) is 2. The van der Waals surface area contributed by atoms with Gasteiger partial charge in [-0.25, -0.2) is 0 Å². The highest BCUT2D eigenvalue weighted by Gasteiger charge is 2.20. The van der Waals surface area contributed by atoms with Crippen LogP contribution in [0.5, 0.6) is 5.75 Å². The minimum Gasteiger partial charge on any atom is -0.484 e. The van der Waals surface area contributed by atoms with Crippen molar-refractivity contribution in [2.45, 2.75) is 38.8 Å². The quantitative estimate of drug-likeness (QED) is 0.808. The molecule has 0 radical (unpaired) electrons. The van der Waals surface area contributed by atoms with Gasteiger partial charge in [0.15, 0.2) is 0 Å². The highest BCUT2D eigenvalue weighted by molar-refractivity contribution is 9.10. The van der Waals surface area contributed by atoms with Crippen molar-refractivity contribution in [1.29, 1.82) is 0 Å². The third-order valence-electron chi connectivity index (χ3n) is 3.63. The lowest BCUT2D eigenvalue weighted by atomic mass is 10.0. The van der Waals surface area contributed by atoms with Crippen molar-refractivity contribution in [2.75, 3.05) is 0 Å². The predicted octanol–water partition coefficient (Wildman–Crippen LogP) is 4.87. The van der Waals surface area contributed by atoms with Gasteiger partial charge in [-0.15, -0.1) is 0 Å². The third kappa shape index (κ3) is 4.32. The van der Waals surface area contributed by atoms with Crippen molar-refractivity contribution in [3.05, 3.63) is 64.1 Å². The fraction of sp³-hybridized carbons (Fsp3) is 0.333. The molecule has 2 rings (SSSR count). The monoisotopic (exact) mass is 347 g/mol. The first-order valence-corrected chi connectivity index (χ1v) is 8.20. The number of aryl methyl sites for hydroxylation is 1. The van der Waals surface area contributed by atoms with Crippen LogP contribution in [0.1, 0.15) is 37.5 Å². The second-order valence-electron chi connectivity index (χ2n) is 5.16. The molecule has 21 heavy (non-hydrogen) atoms. The second kappa shape index (κ2) is 7.62. The molecule has 0 amide bonds. The van der Waals surface area contributed by atoms with Crippen LogP contribution in [-0.2, 0) is 6.42 Å². The molecule has 0 saturated carbocycles. The summed E-state index contributed by atoms with van der Waals surface area (Å²) in [5.41, 5.74) is 8.65. The Hall–Kier alpha value is -1.32. The van der Waals surface area contributed by atoms with Crippen molar-refractivity contribution in [3.63, 3.8) is 0 Å². The lowest BCUT2D eigenvalue weighted by Gasteiger charge is -2.25. The van der Waals surface area contributed by atoms with E-state index in [4.69, 9.17) is 10.5 Å². The molecule has 2 atom stereocenters. The molecule has 0 fully saturated rings. The van der Waals surface area contributed by atoms with E-state index < -0.39 is 0 Å². The number of rotatable bonds is 6. The van der Waals surface area contributed by atoms with Crippen LogP contribution in [0.25, 0.3) is 0 Å². The maximum atomic E-state index is 6.27. The summed E-state index contributed by atoms with van der Waals surface area (Å²) in [5, 5.41) is 0. The first-order chi connectivity index (χ1) is 10.1. The van der Waals surface area contributed by atoms with Crippen molar-refractivity contribution >= 4 is 15.9 Å². The molecule has 112 valence electrons. The fourth-order valence-electron chi connectivity index (χ4n) is 2.25. The molecule has 3 heteroatoms. The number of nitrogens with two attached hydrogens (primary N) is 1. The normalized spacial score (nSPS) is 13.7. The van der Waals surface area contributed by atoms with Gasteiger partial charge >= 0.3 is 0 Å². The summed E-state index contributed by atoms with van der Waals surface area (Å²) in [6.07, 6.45) is 1.74. The van der Waals surface area contributed by atoms with E-state index in [1.54, 1.807) is 0 Å². The van der Waals surface area contributed by atoms with Crippen LogP contribution in [0.4, 0.5) is 0 Å². The van der Waals surface area contributed by atoms with Crippen LogP contribution >= 0.6 is 15.9 Å². The predicted molar refractivity (Wildman–Crippen MR) is 91.6 cm³/mol. The molecule has 2 aromatic rings. The number of ether oxygens (including phenoxy) is 1. The highest BCUT2D eigenvalue weighted by atomic mass is 79.9. The zero-order valence-electron chi connectivity index (χ0n) is 12.6. The van der Waals surface area contributed by atoms with Gasteiger partial charge in [-0.2, -0.15) is 0 Å². The van der Waals surface area contributed by atoms with Crippen LogP contribution in [0.2, 0.25) is 0 Å². The van der Waals surface area contributed by atoms with Gasteiger partial charge in [0.25, 0.3) is 0 Å². The minimum atomic E-state index is -0.129. The second-order valence-corrected chi connectivity index (χ2v) is 6.08. The maximum absolute atomic E-state index is 6.27. The summed E-state index contributed by atoms with van der Waals surface area (Å²) in [7, 11) is 0. The van der Waals surface area contributed by atoms with Crippen molar-refractivity contribution in [1.82, 2.24) is 0 Å². The number of benzene rings is 2.